The molecule has 0 atom stereocenters. The molecular formula is C21H18Cl2N2O3S. The highest BCUT2D eigenvalue weighted by Gasteiger charge is 2.18. The number of sulfonamides is 1. The summed E-state index contributed by atoms with van der Waals surface area (Å²) in [6, 6.07) is 20.4. The van der Waals surface area contributed by atoms with Crippen LogP contribution < -0.4 is 9.62 Å². The van der Waals surface area contributed by atoms with Gasteiger partial charge in [-0.15, -0.1) is 0 Å². The van der Waals surface area contributed by atoms with Crippen molar-refractivity contribution >= 4 is 50.5 Å². The predicted molar refractivity (Wildman–Crippen MR) is 118 cm³/mol. The standard InChI is InChI=1S/C21H18Cl2N2O3S/c1-29(27,28)25(18-5-3-2-4-6-18)14-15-7-9-16(10-8-15)21(26)24-20-13-17(22)11-12-19(20)23/h2-13H,14H2,1H3,(H,24,26). The monoisotopic (exact) mass is 448 g/mol. The summed E-state index contributed by atoms with van der Waals surface area (Å²) in [7, 11) is -3.47. The molecule has 150 valence electrons. The molecule has 0 bridgehead atoms. The number of halogens is 2. The molecule has 3 rings (SSSR count). The average Bonchev–Trinajstić information content (AvgIpc) is 2.69. The zero-order valence-corrected chi connectivity index (χ0v) is 17.8. The van der Waals surface area contributed by atoms with E-state index >= 15 is 0 Å². The van der Waals surface area contributed by atoms with Crippen molar-refractivity contribution in [3.8, 4) is 0 Å². The van der Waals surface area contributed by atoms with Crippen LogP contribution in [0.4, 0.5) is 11.4 Å². The second kappa shape index (κ2) is 8.86. The maximum Gasteiger partial charge on any atom is 0.255 e. The van der Waals surface area contributed by atoms with E-state index in [1.165, 1.54) is 4.31 Å². The Morgan fingerprint density at radius 1 is 0.966 bits per heavy atom. The molecule has 0 saturated carbocycles. The topological polar surface area (TPSA) is 66.5 Å². The van der Waals surface area contributed by atoms with Gasteiger partial charge in [0.2, 0.25) is 10.0 Å². The van der Waals surface area contributed by atoms with Crippen molar-refractivity contribution in [2.24, 2.45) is 0 Å². The van der Waals surface area contributed by atoms with Crippen LogP contribution in [0, 0.1) is 0 Å². The number of benzene rings is 3. The second-order valence-corrected chi connectivity index (χ2v) is 9.13. The Balaban J connectivity index is 1.77. The predicted octanol–water partition coefficient (Wildman–Crippen LogP) is 5.21. The molecule has 0 aromatic heterocycles. The first-order chi connectivity index (χ1) is 13.7. The number of hydrogen-bond acceptors (Lipinski definition) is 3. The summed E-state index contributed by atoms with van der Waals surface area (Å²) in [5.74, 6) is -0.344. The summed E-state index contributed by atoms with van der Waals surface area (Å²) in [5.41, 5.74) is 2.15. The highest BCUT2D eigenvalue weighted by molar-refractivity contribution is 7.92. The number of nitrogens with one attached hydrogen (secondary N) is 1. The highest BCUT2D eigenvalue weighted by atomic mass is 35.5. The first-order valence-electron chi connectivity index (χ1n) is 8.62. The second-order valence-electron chi connectivity index (χ2n) is 6.38. The molecule has 1 N–H and O–H groups in total. The van der Waals surface area contributed by atoms with E-state index in [2.05, 4.69) is 5.32 Å². The van der Waals surface area contributed by atoms with Crippen LogP contribution in [0.15, 0.2) is 72.8 Å². The maximum atomic E-state index is 12.5. The van der Waals surface area contributed by atoms with Crippen molar-refractivity contribution in [3.05, 3.63) is 94.0 Å². The van der Waals surface area contributed by atoms with Gasteiger partial charge in [-0.05, 0) is 48.0 Å². The fraction of sp³-hybridized carbons (Fsp3) is 0.0952. The van der Waals surface area contributed by atoms with Gasteiger partial charge in [0.25, 0.3) is 5.91 Å². The lowest BCUT2D eigenvalue weighted by atomic mass is 10.1. The minimum Gasteiger partial charge on any atom is -0.321 e. The van der Waals surface area contributed by atoms with Gasteiger partial charge < -0.3 is 5.32 Å². The lowest BCUT2D eigenvalue weighted by Crippen LogP contribution is -2.29. The van der Waals surface area contributed by atoms with Crippen LogP contribution in [-0.2, 0) is 16.6 Å². The van der Waals surface area contributed by atoms with Crippen LogP contribution >= 0.6 is 23.2 Å². The van der Waals surface area contributed by atoms with Crippen molar-refractivity contribution in [1.82, 2.24) is 0 Å². The van der Waals surface area contributed by atoms with Crippen LogP contribution in [0.2, 0.25) is 10.0 Å². The Bertz CT molecular complexity index is 1120. The van der Waals surface area contributed by atoms with Crippen molar-refractivity contribution < 1.29 is 13.2 Å². The van der Waals surface area contributed by atoms with Crippen molar-refractivity contribution in [2.45, 2.75) is 6.54 Å². The number of amides is 1. The average molecular weight is 449 g/mol. The molecule has 3 aromatic rings. The fourth-order valence-corrected chi connectivity index (χ4v) is 3.93. The number of nitrogens with zero attached hydrogens (tertiary/aromatic N) is 1. The minimum atomic E-state index is -3.47. The van der Waals surface area contributed by atoms with Gasteiger partial charge in [-0.1, -0.05) is 53.5 Å². The van der Waals surface area contributed by atoms with Crippen molar-refractivity contribution in [3.63, 3.8) is 0 Å². The molecule has 0 aliphatic rings. The first kappa shape index (κ1) is 21.2. The lowest BCUT2D eigenvalue weighted by molar-refractivity contribution is 0.102. The number of carbonyl (C=O) groups excluding carboxylic acids is 1. The van der Waals surface area contributed by atoms with Gasteiger partial charge in [0.15, 0.2) is 0 Å². The molecule has 0 saturated heterocycles. The number of hydrogen-bond donors (Lipinski definition) is 1. The van der Waals surface area contributed by atoms with E-state index in [0.29, 0.717) is 27.0 Å². The van der Waals surface area contributed by atoms with Crippen molar-refractivity contribution in [2.75, 3.05) is 15.9 Å². The van der Waals surface area contributed by atoms with Crippen LogP contribution in [0.25, 0.3) is 0 Å². The van der Waals surface area contributed by atoms with Crippen LogP contribution in [-0.4, -0.2) is 20.6 Å². The van der Waals surface area contributed by atoms with Crippen LogP contribution in [0.1, 0.15) is 15.9 Å². The minimum absolute atomic E-state index is 0.158. The molecule has 1 amide bonds. The third-order valence-corrected chi connectivity index (χ3v) is 5.87. The van der Waals surface area contributed by atoms with Gasteiger partial charge in [0, 0.05) is 10.6 Å². The molecule has 0 unspecified atom stereocenters. The van der Waals surface area contributed by atoms with Crippen LogP contribution in [0.5, 0.6) is 0 Å². The Labute approximate surface area is 179 Å². The highest BCUT2D eigenvalue weighted by Crippen LogP contribution is 2.26. The summed E-state index contributed by atoms with van der Waals surface area (Å²) in [4.78, 5) is 12.5. The van der Waals surface area contributed by atoms with Gasteiger partial charge in [-0.3, -0.25) is 9.10 Å². The van der Waals surface area contributed by atoms with Gasteiger partial charge >= 0.3 is 0 Å². The Hall–Kier alpha value is -2.54. The number of para-hydroxylation sites is 1. The lowest BCUT2D eigenvalue weighted by Gasteiger charge is -2.22. The van der Waals surface area contributed by atoms with Crippen molar-refractivity contribution in [1.29, 1.82) is 0 Å². The molecule has 0 spiro atoms. The van der Waals surface area contributed by atoms with E-state index < -0.39 is 10.0 Å². The number of carbonyl (C=O) groups is 1. The van der Waals surface area contributed by atoms with E-state index in [4.69, 9.17) is 23.2 Å². The number of rotatable bonds is 6. The molecule has 0 aliphatic carbocycles. The summed E-state index contributed by atoms with van der Waals surface area (Å²) >= 11 is 12.0. The van der Waals surface area contributed by atoms with Crippen LogP contribution in [0.3, 0.4) is 0 Å². The normalized spacial score (nSPS) is 11.1. The molecule has 3 aromatic carbocycles. The van der Waals surface area contributed by atoms with Gasteiger partial charge in [-0.2, -0.15) is 0 Å². The smallest absolute Gasteiger partial charge is 0.255 e. The van der Waals surface area contributed by atoms with E-state index in [0.717, 1.165) is 11.8 Å². The molecule has 8 heteroatoms. The quantitative estimate of drug-likeness (QED) is 0.562. The zero-order valence-electron chi connectivity index (χ0n) is 15.5. The number of anilines is 2. The first-order valence-corrected chi connectivity index (χ1v) is 11.2. The fourth-order valence-electron chi connectivity index (χ4n) is 2.71. The molecule has 0 fully saturated rings. The molecule has 0 radical (unpaired) electrons. The molecular weight excluding hydrogens is 431 g/mol. The molecule has 0 heterocycles. The van der Waals surface area contributed by atoms with E-state index in [9.17, 15) is 13.2 Å². The largest absolute Gasteiger partial charge is 0.321 e. The summed E-state index contributed by atoms with van der Waals surface area (Å²) < 4.78 is 25.7. The molecule has 5 nitrogen and oxygen atoms in total. The summed E-state index contributed by atoms with van der Waals surface area (Å²) in [6.45, 7) is 0.158. The van der Waals surface area contributed by atoms with E-state index in [-0.39, 0.29) is 12.5 Å². The SMILES string of the molecule is CS(=O)(=O)N(Cc1ccc(C(=O)Nc2cc(Cl)ccc2Cl)cc1)c1ccccc1. The van der Waals surface area contributed by atoms with E-state index in [1.807, 2.05) is 6.07 Å². The van der Waals surface area contributed by atoms with Gasteiger partial charge in [0.1, 0.15) is 0 Å². The van der Waals surface area contributed by atoms with Gasteiger partial charge in [0.05, 0.1) is 29.2 Å². The van der Waals surface area contributed by atoms with Gasteiger partial charge in [-0.25, -0.2) is 8.42 Å². The molecule has 0 aliphatic heterocycles. The summed E-state index contributed by atoms with van der Waals surface area (Å²) in [5, 5.41) is 3.56. The third kappa shape index (κ3) is 5.50. The van der Waals surface area contributed by atoms with E-state index in [1.54, 1.807) is 66.7 Å². The Morgan fingerprint density at radius 2 is 1.62 bits per heavy atom. The maximum absolute atomic E-state index is 12.5. The molecule has 29 heavy (non-hydrogen) atoms. The zero-order chi connectivity index (χ0) is 21.0. The summed E-state index contributed by atoms with van der Waals surface area (Å²) in [6.07, 6.45) is 1.16. The Morgan fingerprint density at radius 3 is 2.24 bits per heavy atom. The Kier molecular flexibility index (Phi) is 6.47. The third-order valence-electron chi connectivity index (χ3n) is 4.16.